The van der Waals surface area contributed by atoms with Crippen molar-refractivity contribution in [2.45, 2.75) is 19.4 Å². The Bertz CT molecular complexity index is 713. The van der Waals surface area contributed by atoms with E-state index in [-0.39, 0.29) is 25.5 Å². The number of nitrogens with zero attached hydrogens (tertiary/aromatic N) is 1. The molecule has 2 rings (SSSR count). The highest BCUT2D eigenvalue weighted by molar-refractivity contribution is 7.88. The minimum atomic E-state index is -3.24. The minimum absolute atomic E-state index is 0.212. The molecule has 0 aliphatic carbocycles. The maximum atomic E-state index is 12.8. The van der Waals surface area contributed by atoms with Crippen molar-refractivity contribution in [1.82, 2.24) is 9.62 Å². The first-order valence-corrected chi connectivity index (χ1v) is 9.73. The van der Waals surface area contributed by atoms with Gasteiger partial charge in [0.25, 0.3) is 5.91 Å². The van der Waals surface area contributed by atoms with E-state index in [2.05, 4.69) is 5.32 Å². The molecule has 1 aromatic rings. The number of carbonyl (C=O) groups is 2. The van der Waals surface area contributed by atoms with Crippen molar-refractivity contribution in [2.75, 3.05) is 26.0 Å². The molecule has 0 bridgehead atoms. The zero-order valence-electron chi connectivity index (χ0n) is 13.9. The molecule has 0 atom stereocenters. The van der Waals surface area contributed by atoms with Crippen molar-refractivity contribution < 1.29 is 27.1 Å². The van der Waals surface area contributed by atoms with E-state index in [0.717, 1.165) is 11.8 Å². The van der Waals surface area contributed by atoms with Gasteiger partial charge in [0, 0.05) is 19.6 Å². The molecule has 7 nitrogen and oxygen atoms in total. The Balaban J connectivity index is 1.69. The van der Waals surface area contributed by atoms with Crippen LogP contribution >= 0.6 is 0 Å². The summed E-state index contributed by atoms with van der Waals surface area (Å²) >= 11 is 0. The lowest BCUT2D eigenvalue weighted by atomic mass is 9.98. The molecule has 1 heterocycles. The van der Waals surface area contributed by atoms with Crippen LogP contribution in [0.3, 0.4) is 0 Å². The van der Waals surface area contributed by atoms with Crippen LogP contribution in [-0.2, 0) is 30.9 Å². The first-order chi connectivity index (χ1) is 11.8. The number of benzene rings is 1. The fourth-order valence-electron chi connectivity index (χ4n) is 2.53. The van der Waals surface area contributed by atoms with Crippen LogP contribution in [0, 0.1) is 11.7 Å². The van der Waals surface area contributed by atoms with Crippen molar-refractivity contribution in [2.24, 2.45) is 5.92 Å². The number of rotatable bonds is 6. The predicted octanol–water partition coefficient (Wildman–Crippen LogP) is 0.657. The van der Waals surface area contributed by atoms with E-state index in [1.807, 2.05) is 0 Å². The van der Waals surface area contributed by atoms with E-state index < -0.39 is 34.4 Å². The maximum absolute atomic E-state index is 12.8. The smallest absolute Gasteiger partial charge is 0.309 e. The highest BCUT2D eigenvalue weighted by Crippen LogP contribution is 2.20. The number of carbonyl (C=O) groups excluding carboxylic acids is 2. The zero-order valence-corrected chi connectivity index (χ0v) is 14.7. The molecule has 1 amide bonds. The molecule has 1 aromatic carbocycles. The highest BCUT2D eigenvalue weighted by Gasteiger charge is 2.30. The molecular formula is C16H21FN2O5S. The van der Waals surface area contributed by atoms with E-state index >= 15 is 0 Å². The molecule has 1 aliphatic rings. The molecule has 0 radical (unpaired) electrons. The van der Waals surface area contributed by atoms with Gasteiger partial charge in [0.05, 0.1) is 12.2 Å². The average Bonchev–Trinajstić information content (AvgIpc) is 2.58. The summed E-state index contributed by atoms with van der Waals surface area (Å²) in [7, 11) is -3.24. The molecule has 0 unspecified atom stereocenters. The number of amides is 1. The van der Waals surface area contributed by atoms with Gasteiger partial charge in [-0.15, -0.1) is 0 Å². The number of hydrogen-bond donors (Lipinski definition) is 1. The van der Waals surface area contributed by atoms with Crippen LogP contribution in [0.2, 0.25) is 0 Å². The number of halogens is 1. The van der Waals surface area contributed by atoms with Gasteiger partial charge in [-0.3, -0.25) is 9.59 Å². The van der Waals surface area contributed by atoms with E-state index in [1.54, 1.807) is 12.1 Å². The van der Waals surface area contributed by atoms with Gasteiger partial charge in [0.2, 0.25) is 10.0 Å². The second-order valence-corrected chi connectivity index (χ2v) is 7.93. The van der Waals surface area contributed by atoms with Gasteiger partial charge >= 0.3 is 5.97 Å². The number of esters is 1. The second kappa shape index (κ2) is 8.39. The first kappa shape index (κ1) is 19.3. The van der Waals surface area contributed by atoms with Crippen LogP contribution in [0.15, 0.2) is 24.3 Å². The quantitative estimate of drug-likeness (QED) is 0.741. The van der Waals surface area contributed by atoms with E-state index in [9.17, 15) is 22.4 Å². The van der Waals surface area contributed by atoms with E-state index in [4.69, 9.17) is 4.74 Å². The molecule has 138 valence electrons. The van der Waals surface area contributed by atoms with Crippen molar-refractivity contribution in [1.29, 1.82) is 0 Å². The Morgan fingerprint density at radius 1 is 1.24 bits per heavy atom. The largest absolute Gasteiger partial charge is 0.455 e. The summed E-state index contributed by atoms with van der Waals surface area (Å²) in [6, 6.07) is 5.70. The Morgan fingerprint density at radius 3 is 2.40 bits per heavy atom. The normalized spacial score (nSPS) is 16.4. The summed E-state index contributed by atoms with van der Waals surface area (Å²) in [5.41, 5.74) is 0.731. The van der Waals surface area contributed by atoms with Crippen molar-refractivity contribution >= 4 is 21.9 Å². The van der Waals surface area contributed by atoms with Gasteiger partial charge in [-0.25, -0.2) is 17.1 Å². The van der Waals surface area contributed by atoms with Crippen LogP contribution in [0.5, 0.6) is 0 Å². The van der Waals surface area contributed by atoms with Crippen LogP contribution in [0.4, 0.5) is 4.39 Å². The number of nitrogens with one attached hydrogen (secondary N) is 1. The van der Waals surface area contributed by atoms with Gasteiger partial charge in [-0.1, -0.05) is 12.1 Å². The van der Waals surface area contributed by atoms with Crippen molar-refractivity contribution in [3.63, 3.8) is 0 Å². The summed E-state index contributed by atoms with van der Waals surface area (Å²) in [5.74, 6) is -1.70. The SMILES string of the molecule is CS(=O)(=O)N1CCC(C(=O)OCC(=O)NCc2ccc(F)cc2)CC1. The topological polar surface area (TPSA) is 92.8 Å². The predicted molar refractivity (Wildman–Crippen MR) is 88.3 cm³/mol. The average molecular weight is 372 g/mol. The number of sulfonamides is 1. The summed E-state index contributed by atoms with van der Waals surface area (Å²) in [6.45, 7) is 0.362. The summed E-state index contributed by atoms with van der Waals surface area (Å²) in [5, 5.41) is 2.58. The molecule has 25 heavy (non-hydrogen) atoms. The minimum Gasteiger partial charge on any atom is -0.455 e. The Hall–Kier alpha value is -2.00. The molecule has 1 saturated heterocycles. The van der Waals surface area contributed by atoms with Crippen molar-refractivity contribution in [3.8, 4) is 0 Å². The lowest BCUT2D eigenvalue weighted by Crippen LogP contribution is -2.40. The van der Waals surface area contributed by atoms with Gasteiger partial charge in [0.1, 0.15) is 5.82 Å². The second-order valence-electron chi connectivity index (χ2n) is 5.95. The van der Waals surface area contributed by atoms with E-state index in [0.29, 0.717) is 12.8 Å². The van der Waals surface area contributed by atoms with E-state index in [1.165, 1.54) is 16.4 Å². The van der Waals surface area contributed by atoms with Crippen LogP contribution in [0.25, 0.3) is 0 Å². The Labute approximate surface area is 146 Å². The number of piperidine rings is 1. The highest BCUT2D eigenvalue weighted by atomic mass is 32.2. The zero-order chi connectivity index (χ0) is 18.4. The third-order valence-electron chi connectivity index (χ3n) is 4.00. The van der Waals surface area contributed by atoms with Crippen LogP contribution in [-0.4, -0.2) is 50.6 Å². The van der Waals surface area contributed by atoms with Gasteiger partial charge in [0.15, 0.2) is 6.61 Å². The third-order valence-corrected chi connectivity index (χ3v) is 5.31. The van der Waals surface area contributed by atoms with Crippen molar-refractivity contribution in [3.05, 3.63) is 35.6 Å². The standard InChI is InChI=1S/C16H21FN2O5S/c1-25(22,23)19-8-6-13(7-9-19)16(21)24-11-15(20)18-10-12-2-4-14(17)5-3-12/h2-5,13H,6-11H2,1H3,(H,18,20). The molecule has 1 N–H and O–H groups in total. The summed E-state index contributed by atoms with van der Waals surface area (Å²) in [4.78, 5) is 23.7. The van der Waals surface area contributed by atoms with Gasteiger partial charge in [-0.05, 0) is 30.5 Å². The fourth-order valence-corrected chi connectivity index (χ4v) is 3.41. The molecule has 0 saturated carbocycles. The Morgan fingerprint density at radius 2 is 1.84 bits per heavy atom. The molecule has 0 aromatic heterocycles. The molecule has 0 spiro atoms. The summed E-state index contributed by atoms with van der Waals surface area (Å²) < 4.78 is 41.9. The van der Waals surface area contributed by atoms with Crippen LogP contribution in [0.1, 0.15) is 18.4 Å². The fraction of sp³-hybridized carbons (Fsp3) is 0.500. The third kappa shape index (κ3) is 6.09. The monoisotopic (exact) mass is 372 g/mol. The molecule has 9 heteroatoms. The van der Waals surface area contributed by atoms with Crippen LogP contribution < -0.4 is 5.32 Å². The van der Waals surface area contributed by atoms with Gasteiger partial charge < -0.3 is 10.1 Å². The lowest BCUT2D eigenvalue weighted by Gasteiger charge is -2.28. The molecule has 1 aliphatic heterocycles. The summed E-state index contributed by atoms with van der Waals surface area (Å²) in [6.07, 6.45) is 1.89. The number of ether oxygens (including phenoxy) is 1. The molecular weight excluding hydrogens is 351 g/mol. The lowest BCUT2D eigenvalue weighted by molar-refractivity contribution is -0.153. The number of hydrogen-bond acceptors (Lipinski definition) is 5. The Kier molecular flexibility index (Phi) is 6.49. The maximum Gasteiger partial charge on any atom is 0.309 e. The first-order valence-electron chi connectivity index (χ1n) is 7.88. The molecule has 1 fully saturated rings. The van der Waals surface area contributed by atoms with Gasteiger partial charge in [-0.2, -0.15) is 0 Å².